The third-order valence-corrected chi connectivity index (χ3v) is 9.09. The summed E-state index contributed by atoms with van der Waals surface area (Å²) >= 11 is 1.39. The second-order valence-electron chi connectivity index (χ2n) is 10.9. The largest absolute Gasteiger partial charge is 0.449 e. The van der Waals surface area contributed by atoms with Crippen molar-refractivity contribution < 1.29 is 19.1 Å². The highest BCUT2D eigenvalue weighted by atomic mass is 32.2. The van der Waals surface area contributed by atoms with Gasteiger partial charge in [0.25, 0.3) is 0 Å². The number of carbonyl (C=O) groups excluding carboxylic acids is 2. The maximum absolute atomic E-state index is 13.1. The molecular formula is C39H32N2O4S. The van der Waals surface area contributed by atoms with E-state index in [2.05, 4.69) is 46.4 Å². The van der Waals surface area contributed by atoms with Crippen LogP contribution in [0.1, 0.15) is 49.7 Å². The van der Waals surface area contributed by atoms with Crippen molar-refractivity contribution in [2.75, 3.05) is 13.2 Å². The Hall–Kier alpha value is -5.16. The highest BCUT2D eigenvalue weighted by Crippen LogP contribution is 2.44. The van der Waals surface area contributed by atoms with Gasteiger partial charge in [-0.2, -0.15) is 0 Å². The van der Waals surface area contributed by atoms with Crippen LogP contribution in [0, 0.1) is 18.8 Å². The average Bonchev–Trinajstić information content (AvgIpc) is 3.41. The minimum Gasteiger partial charge on any atom is -0.449 e. The molecule has 0 spiro atoms. The molecule has 1 aliphatic carbocycles. The molecule has 0 atom stereocenters. The highest BCUT2D eigenvalue weighted by molar-refractivity contribution is 7.99. The molecule has 5 aromatic rings. The van der Waals surface area contributed by atoms with Crippen molar-refractivity contribution in [1.82, 2.24) is 10.3 Å². The molecule has 1 aliphatic rings. The van der Waals surface area contributed by atoms with Crippen LogP contribution in [0.15, 0.2) is 119 Å². The number of amides is 1. The van der Waals surface area contributed by atoms with E-state index >= 15 is 0 Å². The second-order valence-corrected chi connectivity index (χ2v) is 11.9. The van der Waals surface area contributed by atoms with Gasteiger partial charge in [0.15, 0.2) is 6.29 Å². The maximum atomic E-state index is 13.1. The van der Waals surface area contributed by atoms with Gasteiger partial charge in [-0.15, -0.1) is 0 Å². The molecule has 0 saturated heterocycles. The first-order valence-corrected chi connectivity index (χ1v) is 15.8. The van der Waals surface area contributed by atoms with Crippen molar-refractivity contribution in [3.05, 3.63) is 148 Å². The Kier molecular flexibility index (Phi) is 9.89. The lowest BCUT2D eigenvalue weighted by Crippen LogP contribution is -2.26. The molecule has 6 rings (SSSR count). The zero-order valence-electron chi connectivity index (χ0n) is 25.4. The molecule has 1 amide bonds. The van der Waals surface area contributed by atoms with Gasteiger partial charge in [0.05, 0.1) is 6.61 Å². The van der Waals surface area contributed by atoms with Gasteiger partial charge in [0.1, 0.15) is 18.2 Å². The number of nitrogens with zero attached hydrogens (tertiary/aromatic N) is 1. The molecule has 1 N–H and O–H groups in total. The van der Waals surface area contributed by atoms with Crippen molar-refractivity contribution >= 4 is 24.1 Å². The molecule has 228 valence electrons. The van der Waals surface area contributed by atoms with Crippen LogP contribution in [0.3, 0.4) is 0 Å². The zero-order chi connectivity index (χ0) is 31.7. The van der Waals surface area contributed by atoms with Crippen molar-refractivity contribution in [1.29, 1.82) is 0 Å². The summed E-state index contributed by atoms with van der Waals surface area (Å²) in [5.41, 5.74) is 8.86. The minimum absolute atomic E-state index is 0.0276. The SMILES string of the molecule is Cc1cc(C#CCOCc2ccccc2)cc(CNC(=O)OCC2c3ccccc3-c3ccccc32)c1Sc1ncccc1C=O. The van der Waals surface area contributed by atoms with Gasteiger partial charge >= 0.3 is 6.09 Å². The normalized spacial score (nSPS) is 11.6. The van der Waals surface area contributed by atoms with E-state index in [-0.39, 0.29) is 25.7 Å². The van der Waals surface area contributed by atoms with Crippen LogP contribution in [0.25, 0.3) is 11.1 Å². The van der Waals surface area contributed by atoms with Crippen LogP contribution in [0.2, 0.25) is 0 Å². The molecule has 7 heteroatoms. The van der Waals surface area contributed by atoms with Crippen LogP contribution in [0.4, 0.5) is 4.79 Å². The first-order chi connectivity index (χ1) is 22.6. The van der Waals surface area contributed by atoms with Gasteiger partial charge in [0.2, 0.25) is 0 Å². The Morgan fingerprint density at radius 1 is 0.935 bits per heavy atom. The van der Waals surface area contributed by atoms with E-state index in [4.69, 9.17) is 9.47 Å². The summed E-state index contributed by atoms with van der Waals surface area (Å²) in [7, 11) is 0. The zero-order valence-corrected chi connectivity index (χ0v) is 26.2. The topological polar surface area (TPSA) is 77.5 Å². The highest BCUT2D eigenvalue weighted by Gasteiger charge is 2.29. The Bertz CT molecular complexity index is 1880. The number of aryl methyl sites for hydroxylation is 1. The Labute approximate surface area is 273 Å². The van der Waals surface area contributed by atoms with E-state index in [9.17, 15) is 9.59 Å². The number of ether oxygens (including phenoxy) is 2. The van der Waals surface area contributed by atoms with Crippen LogP contribution in [-0.2, 0) is 22.6 Å². The smallest absolute Gasteiger partial charge is 0.407 e. The van der Waals surface area contributed by atoms with Crippen LogP contribution in [-0.4, -0.2) is 30.6 Å². The lowest BCUT2D eigenvalue weighted by Gasteiger charge is -2.16. The number of benzene rings is 4. The van der Waals surface area contributed by atoms with Gasteiger partial charge in [-0.25, -0.2) is 9.78 Å². The van der Waals surface area contributed by atoms with Gasteiger partial charge in [-0.05, 0) is 70.1 Å². The van der Waals surface area contributed by atoms with E-state index in [1.807, 2.05) is 73.7 Å². The third kappa shape index (κ3) is 7.21. The van der Waals surface area contributed by atoms with E-state index < -0.39 is 6.09 Å². The number of carbonyl (C=O) groups is 2. The number of rotatable bonds is 10. The van der Waals surface area contributed by atoms with Crippen molar-refractivity contribution in [3.63, 3.8) is 0 Å². The predicted molar refractivity (Wildman–Crippen MR) is 180 cm³/mol. The van der Waals surface area contributed by atoms with Crippen molar-refractivity contribution in [2.45, 2.75) is 35.9 Å². The average molecular weight is 625 g/mol. The van der Waals surface area contributed by atoms with E-state index in [1.54, 1.807) is 18.3 Å². The Balaban J connectivity index is 1.16. The molecule has 0 fully saturated rings. The first-order valence-electron chi connectivity index (χ1n) is 15.0. The second kappa shape index (κ2) is 14.7. The maximum Gasteiger partial charge on any atom is 0.407 e. The number of hydrogen-bond donors (Lipinski definition) is 1. The van der Waals surface area contributed by atoms with Crippen molar-refractivity contribution in [2.24, 2.45) is 0 Å². The van der Waals surface area contributed by atoms with Crippen molar-refractivity contribution in [3.8, 4) is 23.0 Å². The molecule has 1 aromatic heterocycles. The quantitative estimate of drug-likeness (QED) is 0.0965. The molecule has 0 unspecified atom stereocenters. The van der Waals surface area contributed by atoms with E-state index in [1.165, 1.54) is 22.9 Å². The summed E-state index contributed by atoms with van der Waals surface area (Å²) in [5, 5.41) is 3.53. The first kappa shape index (κ1) is 30.8. The van der Waals surface area contributed by atoms with Crippen LogP contribution < -0.4 is 5.32 Å². The molecule has 0 saturated carbocycles. The van der Waals surface area contributed by atoms with Crippen LogP contribution in [0.5, 0.6) is 0 Å². The number of fused-ring (bicyclic) bond motifs is 3. The molecule has 4 aromatic carbocycles. The molecule has 0 aliphatic heterocycles. The number of hydrogen-bond acceptors (Lipinski definition) is 6. The summed E-state index contributed by atoms with van der Waals surface area (Å²) in [5.74, 6) is 6.26. The summed E-state index contributed by atoms with van der Waals surface area (Å²) in [6.45, 7) is 3.20. The Morgan fingerprint density at radius 3 is 2.39 bits per heavy atom. The summed E-state index contributed by atoms with van der Waals surface area (Å²) in [4.78, 5) is 30.1. The monoisotopic (exact) mass is 624 g/mol. The number of aromatic nitrogens is 1. The lowest BCUT2D eigenvalue weighted by atomic mass is 9.98. The standard InChI is InChI=1S/C39H32N2O4S/c1-27-21-29(13-10-20-44-25-28-11-3-2-4-12-28)22-31(37(27)46-38-30(24-42)14-9-19-40-38)23-41-39(43)45-26-36-34-17-7-5-15-32(34)33-16-6-8-18-35(33)36/h2-9,11-12,14-19,21-22,24,36H,20,23,25-26H2,1H3,(H,41,43). The van der Waals surface area contributed by atoms with Gasteiger partial charge in [-0.1, -0.05) is 102 Å². The molecule has 1 heterocycles. The minimum atomic E-state index is -0.507. The number of pyridine rings is 1. The summed E-state index contributed by atoms with van der Waals surface area (Å²) in [6.07, 6.45) is 1.95. The molecule has 46 heavy (non-hydrogen) atoms. The lowest BCUT2D eigenvalue weighted by molar-refractivity contribution is 0.112. The molecule has 0 radical (unpaired) electrons. The van der Waals surface area contributed by atoms with Gasteiger partial charge in [-0.3, -0.25) is 4.79 Å². The molecule has 0 bridgehead atoms. The summed E-state index contributed by atoms with van der Waals surface area (Å²) < 4.78 is 11.5. The van der Waals surface area contributed by atoms with Gasteiger partial charge < -0.3 is 14.8 Å². The fourth-order valence-corrected chi connectivity index (χ4v) is 6.64. The fraction of sp³-hybridized carbons (Fsp3) is 0.154. The van der Waals surface area contributed by atoms with Crippen LogP contribution >= 0.6 is 11.8 Å². The molecular weight excluding hydrogens is 593 g/mol. The van der Waals surface area contributed by atoms with Gasteiger partial charge in [0, 0.05) is 34.7 Å². The predicted octanol–water partition coefficient (Wildman–Crippen LogP) is 7.96. The fourth-order valence-electron chi connectivity index (χ4n) is 5.62. The molecule has 6 nitrogen and oxygen atoms in total. The Morgan fingerprint density at radius 2 is 1.65 bits per heavy atom. The van der Waals surface area contributed by atoms with E-state index in [0.717, 1.165) is 44.6 Å². The number of nitrogens with one attached hydrogen (secondary N) is 1. The number of alkyl carbamates (subject to hydrolysis) is 1. The van der Waals surface area contributed by atoms with E-state index in [0.29, 0.717) is 17.2 Å². The number of aldehydes is 1. The third-order valence-electron chi connectivity index (χ3n) is 7.76. The summed E-state index contributed by atoms with van der Waals surface area (Å²) in [6, 6.07) is 33.9.